The molecule has 0 aliphatic carbocycles. The number of anilines is 2. The molecule has 0 aliphatic rings. The van der Waals surface area contributed by atoms with Crippen molar-refractivity contribution >= 4 is 40.6 Å². The number of nitrogens with zero attached hydrogens (tertiary/aromatic N) is 1. The minimum absolute atomic E-state index is 0.0226. The van der Waals surface area contributed by atoms with Crippen LogP contribution >= 0.6 is 11.8 Å². The van der Waals surface area contributed by atoms with Crippen molar-refractivity contribution in [3.63, 3.8) is 0 Å². The fourth-order valence-electron chi connectivity index (χ4n) is 3.20. The van der Waals surface area contributed by atoms with Crippen molar-refractivity contribution in [2.24, 2.45) is 0 Å². The number of amides is 2. The van der Waals surface area contributed by atoms with E-state index in [0.717, 1.165) is 16.9 Å². The van der Waals surface area contributed by atoms with Crippen LogP contribution in [0.15, 0.2) is 77.7 Å². The molecule has 2 amide bonds. The van der Waals surface area contributed by atoms with E-state index >= 15 is 0 Å². The van der Waals surface area contributed by atoms with Gasteiger partial charge in [-0.3, -0.25) is 19.7 Å². The summed E-state index contributed by atoms with van der Waals surface area (Å²) in [6.45, 7) is 3.67. The second-order valence-corrected chi connectivity index (χ2v) is 8.66. The summed E-state index contributed by atoms with van der Waals surface area (Å²) in [6, 6.07) is 21.1. The average molecular weight is 464 g/mol. The van der Waals surface area contributed by atoms with Gasteiger partial charge >= 0.3 is 0 Å². The summed E-state index contributed by atoms with van der Waals surface area (Å²) in [5, 5.41) is 16.2. The highest BCUT2D eigenvalue weighted by atomic mass is 32.2. The Morgan fingerprint density at radius 1 is 1.00 bits per heavy atom. The molecule has 0 saturated carbocycles. The molecule has 0 spiro atoms. The number of hydrogen-bond acceptors (Lipinski definition) is 5. The Morgan fingerprint density at radius 2 is 1.70 bits per heavy atom. The van der Waals surface area contributed by atoms with E-state index < -0.39 is 10.2 Å². The van der Waals surface area contributed by atoms with Crippen LogP contribution in [-0.4, -0.2) is 16.7 Å². The lowest BCUT2D eigenvalue weighted by molar-refractivity contribution is -0.384. The maximum absolute atomic E-state index is 13.2. The number of carbonyl (C=O) groups excluding carboxylic acids is 2. The summed E-state index contributed by atoms with van der Waals surface area (Å²) in [5.74, 6) is -0.263. The molecular formula is C25H25N3O4S. The lowest BCUT2D eigenvalue weighted by atomic mass is 10.1. The lowest BCUT2D eigenvalue weighted by Gasteiger charge is -2.18. The number of nitro benzene ring substituents is 1. The second-order valence-electron chi connectivity index (χ2n) is 7.48. The second kappa shape index (κ2) is 11.3. The number of thioether (sulfide) groups is 1. The smallest absolute Gasteiger partial charge is 0.269 e. The summed E-state index contributed by atoms with van der Waals surface area (Å²) in [4.78, 5) is 36.4. The predicted molar refractivity (Wildman–Crippen MR) is 131 cm³/mol. The van der Waals surface area contributed by atoms with Crippen LogP contribution < -0.4 is 10.6 Å². The van der Waals surface area contributed by atoms with E-state index in [-0.39, 0.29) is 17.5 Å². The van der Waals surface area contributed by atoms with Crippen LogP contribution in [0.4, 0.5) is 17.1 Å². The van der Waals surface area contributed by atoms with Crippen molar-refractivity contribution in [3.05, 3.63) is 94.0 Å². The third-order valence-corrected chi connectivity index (χ3v) is 6.15. The van der Waals surface area contributed by atoms with Crippen molar-refractivity contribution in [1.82, 2.24) is 0 Å². The number of nitrogens with one attached hydrogen (secondary N) is 2. The Balaban J connectivity index is 1.79. The maximum atomic E-state index is 13.2. The van der Waals surface area contributed by atoms with Crippen molar-refractivity contribution in [1.29, 1.82) is 0 Å². The van der Waals surface area contributed by atoms with Gasteiger partial charge in [-0.25, -0.2) is 0 Å². The molecule has 0 aromatic heterocycles. The largest absolute Gasteiger partial charge is 0.326 e. The predicted octanol–water partition coefficient (Wildman–Crippen LogP) is 6.11. The molecule has 1 unspecified atom stereocenters. The first-order valence-electron chi connectivity index (χ1n) is 10.5. The molecule has 0 heterocycles. The molecule has 0 bridgehead atoms. The van der Waals surface area contributed by atoms with Gasteiger partial charge in [0, 0.05) is 34.8 Å². The van der Waals surface area contributed by atoms with Gasteiger partial charge in [0.2, 0.25) is 11.8 Å². The number of aryl methyl sites for hydroxylation is 1. The van der Waals surface area contributed by atoms with Gasteiger partial charge in [-0.15, -0.1) is 11.8 Å². The van der Waals surface area contributed by atoms with Crippen LogP contribution in [0.5, 0.6) is 0 Å². The zero-order chi connectivity index (χ0) is 23.8. The Hall–Kier alpha value is -3.65. The number of nitro groups is 1. The molecule has 33 heavy (non-hydrogen) atoms. The molecule has 0 aliphatic heterocycles. The van der Waals surface area contributed by atoms with Crippen molar-refractivity contribution in [3.8, 4) is 0 Å². The first-order valence-corrected chi connectivity index (χ1v) is 11.4. The molecule has 8 heteroatoms. The normalized spacial score (nSPS) is 11.5. The van der Waals surface area contributed by atoms with Gasteiger partial charge in [0.25, 0.3) is 5.69 Å². The molecule has 0 fully saturated rings. The summed E-state index contributed by atoms with van der Waals surface area (Å²) < 4.78 is 0. The lowest BCUT2D eigenvalue weighted by Crippen LogP contribution is -2.19. The summed E-state index contributed by atoms with van der Waals surface area (Å²) in [5.41, 5.74) is 2.66. The molecule has 2 N–H and O–H groups in total. The fourth-order valence-corrected chi connectivity index (χ4v) is 4.23. The number of non-ortho nitro benzene ring substituents is 1. The van der Waals surface area contributed by atoms with Crippen LogP contribution in [0, 0.1) is 17.0 Å². The number of hydrogen-bond donors (Lipinski definition) is 2. The molecular weight excluding hydrogens is 438 g/mol. The quantitative estimate of drug-likeness (QED) is 0.226. The van der Waals surface area contributed by atoms with Crippen molar-refractivity contribution in [2.45, 2.75) is 36.8 Å². The first-order chi connectivity index (χ1) is 15.9. The highest BCUT2D eigenvalue weighted by Crippen LogP contribution is 2.37. The third kappa shape index (κ3) is 6.66. The van der Waals surface area contributed by atoms with Gasteiger partial charge in [-0.05, 0) is 54.8 Å². The number of rotatable bonds is 9. The molecule has 3 aromatic carbocycles. The Kier molecular flexibility index (Phi) is 8.21. The van der Waals surface area contributed by atoms with Gasteiger partial charge in [-0.2, -0.15) is 0 Å². The minimum Gasteiger partial charge on any atom is -0.326 e. The standard InChI is InChI=1S/C25H25N3O4S/c1-3-7-23(29)26-19-10-13-21(14-11-19)33-24(18-8-5-4-6-9-18)25(30)27-22-15-12-20(28(31)32)16-17(22)2/h4-6,8-16,24H,3,7H2,1-2H3,(H,26,29)(H,27,30). The fraction of sp³-hybridized carbons (Fsp3) is 0.200. The summed E-state index contributed by atoms with van der Waals surface area (Å²) >= 11 is 1.39. The number of carbonyl (C=O) groups is 2. The molecule has 3 rings (SSSR count). The Bertz CT molecular complexity index is 1130. The molecule has 170 valence electrons. The van der Waals surface area contributed by atoms with E-state index in [1.807, 2.05) is 61.5 Å². The highest BCUT2D eigenvalue weighted by Gasteiger charge is 2.23. The van der Waals surface area contributed by atoms with E-state index in [1.165, 1.54) is 23.9 Å². The number of benzene rings is 3. The van der Waals surface area contributed by atoms with E-state index in [2.05, 4.69) is 10.6 Å². The monoisotopic (exact) mass is 463 g/mol. The van der Waals surface area contributed by atoms with E-state index in [9.17, 15) is 19.7 Å². The Morgan fingerprint density at radius 3 is 2.30 bits per heavy atom. The first kappa shape index (κ1) is 24.0. The van der Waals surface area contributed by atoms with E-state index in [1.54, 1.807) is 13.0 Å². The van der Waals surface area contributed by atoms with Crippen LogP contribution in [0.25, 0.3) is 0 Å². The van der Waals surface area contributed by atoms with Gasteiger partial charge in [0.05, 0.1) is 4.92 Å². The Labute approximate surface area is 196 Å². The summed E-state index contributed by atoms with van der Waals surface area (Å²) in [6.07, 6.45) is 1.25. The van der Waals surface area contributed by atoms with E-state index in [4.69, 9.17) is 0 Å². The summed E-state index contributed by atoms with van der Waals surface area (Å²) in [7, 11) is 0. The molecule has 1 atom stereocenters. The van der Waals surface area contributed by atoms with E-state index in [0.29, 0.717) is 23.4 Å². The van der Waals surface area contributed by atoms with Gasteiger partial charge in [-0.1, -0.05) is 37.3 Å². The van der Waals surface area contributed by atoms with Crippen molar-refractivity contribution in [2.75, 3.05) is 10.6 Å². The third-order valence-electron chi connectivity index (χ3n) is 4.89. The van der Waals surface area contributed by atoms with Gasteiger partial charge in [0.1, 0.15) is 5.25 Å². The average Bonchev–Trinajstić information content (AvgIpc) is 2.80. The zero-order valence-corrected chi connectivity index (χ0v) is 19.2. The van der Waals surface area contributed by atoms with Crippen LogP contribution in [-0.2, 0) is 9.59 Å². The van der Waals surface area contributed by atoms with Crippen LogP contribution in [0.2, 0.25) is 0 Å². The minimum atomic E-state index is -0.540. The SMILES string of the molecule is CCCC(=O)Nc1ccc(SC(C(=O)Nc2ccc([N+](=O)[O-])cc2C)c2ccccc2)cc1. The van der Waals surface area contributed by atoms with Gasteiger partial charge in [0.15, 0.2) is 0 Å². The zero-order valence-electron chi connectivity index (χ0n) is 18.4. The molecule has 0 saturated heterocycles. The van der Waals surface area contributed by atoms with Gasteiger partial charge < -0.3 is 10.6 Å². The topological polar surface area (TPSA) is 101 Å². The molecule has 7 nitrogen and oxygen atoms in total. The van der Waals surface area contributed by atoms with Crippen LogP contribution in [0.1, 0.15) is 36.1 Å². The molecule has 3 aromatic rings. The van der Waals surface area contributed by atoms with Crippen LogP contribution in [0.3, 0.4) is 0 Å². The molecule has 0 radical (unpaired) electrons. The maximum Gasteiger partial charge on any atom is 0.269 e. The van der Waals surface area contributed by atoms with Crippen molar-refractivity contribution < 1.29 is 14.5 Å². The highest BCUT2D eigenvalue weighted by molar-refractivity contribution is 8.00.